The zero-order chi connectivity index (χ0) is 14.6. The molecule has 0 fully saturated rings. The molecular formula is C12H12N3O4P. The van der Waals surface area contributed by atoms with Gasteiger partial charge in [-0.25, -0.2) is 4.57 Å². The second-order valence-electron chi connectivity index (χ2n) is 3.99. The van der Waals surface area contributed by atoms with E-state index in [-0.39, 0.29) is 11.5 Å². The Balaban J connectivity index is 2.26. The molecule has 0 aliphatic heterocycles. The lowest BCUT2D eigenvalue weighted by Crippen LogP contribution is -2.12. The third-order valence-corrected chi connectivity index (χ3v) is 2.91. The largest absolute Gasteiger partial charge is 0.524 e. The summed E-state index contributed by atoms with van der Waals surface area (Å²) in [4.78, 5) is 20.8. The summed E-state index contributed by atoms with van der Waals surface area (Å²) < 4.78 is 15.6. The number of phosphoric acid groups is 1. The first-order valence-electron chi connectivity index (χ1n) is 5.68. The fraction of sp³-hybridized carbons (Fsp3) is 0.0833. The number of rotatable bonds is 4. The van der Waals surface area contributed by atoms with E-state index in [1.165, 1.54) is 6.08 Å². The van der Waals surface area contributed by atoms with Gasteiger partial charge in [0, 0.05) is 5.69 Å². The number of allylic oxidation sites excluding steroid dienone is 2. The molecule has 0 saturated heterocycles. The van der Waals surface area contributed by atoms with Gasteiger partial charge in [0.05, 0.1) is 18.2 Å². The van der Waals surface area contributed by atoms with E-state index in [2.05, 4.69) is 14.6 Å². The van der Waals surface area contributed by atoms with E-state index < -0.39 is 7.82 Å². The molecule has 1 aromatic rings. The number of hydrogen-bond donors (Lipinski definition) is 3. The van der Waals surface area contributed by atoms with Crippen molar-refractivity contribution in [2.24, 2.45) is 0 Å². The van der Waals surface area contributed by atoms with E-state index in [0.717, 1.165) is 5.69 Å². The minimum Gasteiger partial charge on any atom is -0.402 e. The van der Waals surface area contributed by atoms with Crippen LogP contribution in [0.25, 0.3) is 5.53 Å². The molecule has 104 valence electrons. The average Bonchev–Trinajstić information content (AvgIpc) is 2.40. The van der Waals surface area contributed by atoms with Gasteiger partial charge in [-0.3, -0.25) is 9.79 Å². The highest BCUT2D eigenvalue weighted by atomic mass is 31.2. The summed E-state index contributed by atoms with van der Waals surface area (Å²) in [6, 6.07) is 9.08. The van der Waals surface area contributed by atoms with Crippen LogP contribution in [0.1, 0.15) is 6.42 Å². The zero-order valence-corrected chi connectivity index (χ0v) is 11.2. The van der Waals surface area contributed by atoms with Crippen molar-refractivity contribution in [3.05, 3.63) is 59.5 Å². The van der Waals surface area contributed by atoms with Crippen molar-refractivity contribution in [2.75, 3.05) is 5.32 Å². The van der Waals surface area contributed by atoms with Gasteiger partial charge in [-0.1, -0.05) is 18.2 Å². The summed E-state index contributed by atoms with van der Waals surface area (Å²) in [6.45, 7) is 0. The third-order valence-electron chi connectivity index (χ3n) is 2.48. The molecule has 1 aliphatic rings. The molecule has 0 aromatic heterocycles. The van der Waals surface area contributed by atoms with Crippen LogP contribution < -0.4 is 5.32 Å². The Morgan fingerprint density at radius 1 is 1.30 bits per heavy atom. The molecule has 0 spiro atoms. The smallest absolute Gasteiger partial charge is 0.402 e. The SMILES string of the molecule is [N-]=[N+]=C1C=C(OP(=O)(O)O)C(Nc2ccccc2)=CC1. The predicted octanol–water partition coefficient (Wildman–Crippen LogP) is 2.05. The quantitative estimate of drug-likeness (QED) is 0.446. The Hall–Kier alpha value is -2.17. The van der Waals surface area contributed by atoms with E-state index in [4.69, 9.17) is 15.3 Å². The molecule has 0 bridgehead atoms. The fourth-order valence-corrected chi connectivity index (χ4v) is 2.07. The molecule has 8 heteroatoms. The Labute approximate surface area is 115 Å². The van der Waals surface area contributed by atoms with Crippen LogP contribution in [-0.2, 0) is 9.09 Å². The number of para-hydroxylation sites is 1. The van der Waals surface area contributed by atoms with E-state index >= 15 is 0 Å². The van der Waals surface area contributed by atoms with Crippen molar-refractivity contribution in [3.63, 3.8) is 0 Å². The van der Waals surface area contributed by atoms with Gasteiger partial charge < -0.3 is 15.4 Å². The second kappa shape index (κ2) is 5.86. The maximum Gasteiger partial charge on any atom is 0.524 e. The van der Waals surface area contributed by atoms with Gasteiger partial charge in [-0.15, -0.1) is 0 Å². The van der Waals surface area contributed by atoms with Crippen LogP contribution in [0, 0.1) is 0 Å². The normalized spacial score (nSPS) is 15.0. The Kier molecular flexibility index (Phi) is 4.17. The van der Waals surface area contributed by atoms with Crippen LogP contribution in [0.3, 0.4) is 0 Å². The molecular weight excluding hydrogens is 281 g/mol. The minimum absolute atomic E-state index is 0.0822. The Morgan fingerprint density at radius 2 is 2.00 bits per heavy atom. The predicted molar refractivity (Wildman–Crippen MR) is 72.6 cm³/mol. The molecule has 0 saturated carbocycles. The van der Waals surface area contributed by atoms with E-state index in [0.29, 0.717) is 12.1 Å². The zero-order valence-electron chi connectivity index (χ0n) is 10.3. The molecule has 7 nitrogen and oxygen atoms in total. The van der Waals surface area contributed by atoms with Crippen LogP contribution in [-0.4, -0.2) is 20.3 Å². The van der Waals surface area contributed by atoms with Gasteiger partial charge in [0.1, 0.15) is 0 Å². The molecule has 0 atom stereocenters. The van der Waals surface area contributed by atoms with Gasteiger partial charge in [-0.2, -0.15) is 4.79 Å². The number of hydrogen-bond acceptors (Lipinski definition) is 3. The van der Waals surface area contributed by atoms with E-state index in [1.807, 2.05) is 18.2 Å². The maximum atomic E-state index is 11.0. The molecule has 1 aromatic carbocycles. The monoisotopic (exact) mass is 293 g/mol. The summed E-state index contributed by atoms with van der Waals surface area (Å²) in [5.74, 6) is -0.0822. The lowest BCUT2D eigenvalue weighted by Gasteiger charge is -2.17. The Bertz CT molecular complexity index is 657. The lowest BCUT2D eigenvalue weighted by molar-refractivity contribution is -0.00565. The number of phosphoric ester groups is 1. The highest BCUT2D eigenvalue weighted by Crippen LogP contribution is 2.41. The van der Waals surface area contributed by atoms with Crippen LogP contribution in [0.15, 0.2) is 53.9 Å². The lowest BCUT2D eigenvalue weighted by atomic mass is 10.1. The third kappa shape index (κ3) is 3.91. The Morgan fingerprint density at radius 3 is 2.60 bits per heavy atom. The van der Waals surface area contributed by atoms with Crippen LogP contribution >= 0.6 is 7.82 Å². The second-order valence-corrected chi connectivity index (χ2v) is 5.16. The molecule has 0 unspecified atom stereocenters. The topological polar surface area (TPSA) is 115 Å². The maximum absolute atomic E-state index is 11.0. The first-order valence-corrected chi connectivity index (χ1v) is 7.21. The highest BCUT2D eigenvalue weighted by Gasteiger charge is 2.25. The summed E-state index contributed by atoms with van der Waals surface area (Å²) in [5, 5.41) is 2.99. The van der Waals surface area contributed by atoms with Crippen LogP contribution in [0.5, 0.6) is 0 Å². The van der Waals surface area contributed by atoms with Crippen molar-refractivity contribution < 1.29 is 23.7 Å². The summed E-state index contributed by atoms with van der Waals surface area (Å²) in [5.41, 5.74) is 10.1. The molecule has 1 aliphatic carbocycles. The summed E-state index contributed by atoms with van der Waals surface area (Å²) in [6.07, 6.45) is 3.21. The number of nitrogens with zero attached hydrogens (tertiary/aromatic N) is 2. The standard InChI is InChI=1S/C12H12N3O4P/c13-15-10-6-7-11(12(8-10)19-20(16,17)18)14-9-4-2-1-3-5-9/h1-5,7-8,14H,6H2,(H2,16,17,18). The summed E-state index contributed by atoms with van der Waals surface area (Å²) >= 11 is 0. The molecule has 0 amide bonds. The fourth-order valence-electron chi connectivity index (χ4n) is 1.66. The van der Waals surface area contributed by atoms with Crippen molar-refractivity contribution >= 4 is 19.2 Å². The molecule has 0 heterocycles. The van der Waals surface area contributed by atoms with Gasteiger partial charge in [0.15, 0.2) is 5.76 Å². The summed E-state index contributed by atoms with van der Waals surface area (Å²) in [7, 11) is -4.70. The van der Waals surface area contributed by atoms with E-state index in [1.54, 1.807) is 18.2 Å². The minimum atomic E-state index is -4.70. The number of benzene rings is 1. The van der Waals surface area contributed by atoms with Gasteiger partial charge in [0.25, 0.3) is 5.71 Å². The van der Waals surface area contributed by atoms with E-state index in [9.17, 15) is 4.57 Å². The first kappa shape index (κ1) is 14.2. The molecule has 3 N–H and O–H groups in total. The van der Waals surface area contributed by atoms with Crippen molar-refractivity contribution in [3.8, 4) is 0 Å². The van der Waals surface area contributed by atoms with Crippen molar-refractivity contribution in [1.29, 1.82) is 0 Å². The highest BCUT2D eigenvalue weighted by molar-refractivity contribution is 7.46. The molecule has 0 radical (unpaired) electrons. The molecule has 2 rings (SSSR count). The van der Waals surface area contributed by atoms with Gasteiger partial charge in [0.2, 0.25) is 0 Å². The van der Waals surface area contributed by atoms with Crippen molar-refractivity contribution in [1.82, 2.24) is 0 Å². The first-order chi connectivity index (χ1) is 9.48. The van der Waals surface area contributed by atoms with Crippen LogP contribution in [0.4, 0.5) is 5.69 Å². The van der Waals surface area contributed by atoms with Gasteiger partial charge >= 0.3 is 7.82 Å². The molecule has 20 heavy (non-hydrogen) atoms. The van der Waals surface area contributed by atoms with Crippen molar-refractivity contribution in [2.45, 2.75) is 6.42 Å². The average molecular weight is 293 g/mol. The number of nitrogens with one attached hydrogen (secondary N) is 1. The number of anilines is 1. The van der Waals surface area contributed by atoms with Gasteiger partial charge in [-0.05, 0) is 18.2 Å². The van der Waals surface area contributed by atoms with Crippen LogP contribution in [0.2, 0.25) is 0 Å².